The van der Waals surface area contributed by atoms with Crippen molar-refractivity contribution in [2.24, 2.45) is 0 Å². The molecule has 0 atom stereocenters. The van der Waals surface area contributed by atoms with E-state index < -0.39 is 0 Å². The lowest BCUT2D eigenvalue weighted by molar-refractivity contribution is 0.149. The normalized spacial score (nSPS) is 11.8. The number of aryl methyl sites for hydroxylation is 1. The molecule has 0 unspecified atom stereocenters. The van der Waals surface area contributed by atoms with Crippen molar-refractivity contribution in [1.82, 2.24) is 5.32 Å². The second-order valence-corrected chi connectivity index (χ2v) is 6.54. The lowest BCUT2D eigenvalue weighted by Gasteiger charge is -2.19. The molecular weight excluding hydrogens is 230 g/mol. The standard InChI is InChI=1S/C14H23NOS/c1-6-7-16-10-12-8-13(17-11(12)2)9-15-14(3,4)5/h6,8,15H,1,7,9-10H2,2-5H3. The first-order chi connectivity index (χ1) is 7.92. The van der Waals surface area contributed by atoms with Gasteiger partial charge in [-0.3, -0.25) is 0 Å². The summed E-state index contributed by atoms with van der Waals surface area (Å²) in [5.41, 5.74) is 1.46. The van der Waals surface area contributed by atoms with Gasteiger partial charge >= 0.3 is 0 Å². The molecule has 0 amide bonds. The summed E-state index contributed by atoms with van der Waals surface area (Å²) in [7, 11) is 0. The molecule has 1 N–H and O–H groups in total. The van der Waals surface area contributed by atoms with Crippen LogP contribution in [0.1, 0.15) is 36.1 Å². The third kappa shape index (κ3) is 5.48. The van der Waals surface area contributed by atoms with Crippen molar-refractivity contribution in [1.29, 1.82) is 0 Å². The molecule has 1 rings (SSSR count). The number of rotatable bonds is 6. The van der Waals surface area contributed by atoms with E-state index in [1.807, 2.05) is 11.3 Å². The largest absolute Gasteiger partial charge is 0.373 e. The van der Waals surface area contributed by atoms with Crippen molar-refractivity contribution in [2.75, 3.05) is 6.61 Å². The van der Waals surface area contributed by atoms with Gasteiger partial charge in [-0.15, -0.1) is 17.9 Å². The minimum Gasteiger partial charge on any atom is -0.373 e. The third-order valence-corrected chi connectivity index (χ3v) is 3.45. The van der Waals surface area contributed by atoms with Crippen LogP contribution in [0, 0.1) is 6.92 Å². The highest BCUT2D eigenvalue weighted by molar-refractivity contribution is 7.12. The number of thiophene rings is 1. The fourth-order valence-corrected chi connectivity index (χ4v) is 2.41. The van der Waals surface area contributed by atoms with Gasteiger partial charge in [-0.05, 0) is 39.3 Å². The van der Waals surface area contributed by atoms with E-state index in [4.69, 9.17) is 4.74 Å². The summed E-state index contributed by atoms with van der Waals surface area (Å²) in [6.07, 6.45) is 1.78. The van der Waals surface area contributed by atoms with Gasteiger partial charge in [0.05, 0.1) is 13.2 Å². The average molecular weight is 253 g/mol. The Morgan fingerprint density at radius 2 is 2.18 bits per heavy atom. The quantitative estimate of drug-likeness (QED) is 0.617. The van der Waals surface area contributed by atoms with E-state index >= 15 is 0 Å². The minimum absolute atomic E-state index is 0.164. The summed E-state index contributed by atoms with van der Waals surface area (Å²) < 4.78 is 5.48. The number of ether oxygens (including phenoxy) is 1. The van der Waals surface area contributed by atoms with Crippen LogP contribution in [0.2, 0.25) is 0 Å². The van der Waals surface area contributed by atoms with Crippen molar-refractivity contribution in [2.45, 2.75) is 46.4 Å². The van der Waals surface area contributed by atoms with Gasteiger partial charge < -0.3 is 10.1 Å². The summed E-state index contributed by atoms with van der Waals surface area (Å²) in [5.74, 6) is 0. The van der Waals surface area contributed by atoms with E-state index in [0.29, 0.717) is 13.2 Å². The summed E-state index contributed by atoms with van der Waals surface area (Å²) in [5, 5.41) is 3.50. The van der Waals surface area contributed by atoms with Gasteiger partial charge in [0.25, 0.3) is 0 Å². The zero-order valence-corrected chi connectivity index (χ0v) is 12.1. The smallest absolute Gasteiger partial charge is 0.0731 e. The fraction of sp³-hybridized carbons (Fsp3) is 0.571. The molecular formula is C14H23NOS. The number of hydrogen-bond acceptors (Lipinski definition) is 3. The van der Waals surface area contributed by atoms with E-state index in [-0.39, 0.29) is 5.54 Å². The lowest BCUT2D eigenvalue weighted by Crippen LogP contribution is -2.34. The van der Waals surface area contributed by atoms with Gasteiger partial charge in [-0.25, -0.2) is 0 Å². The van der Waals surface area contributed by atoms with Crippen molar-refractivity contribution >= 4 is 11.3 Å². The Bertz CT molecular complexity index is 363. The minimum atomic E-state index is 0.164. The van der Waals surface area contributed by atoms with Gasteiger partial charge in [-0.2, -0.15) is 0 Å². The van der Waals surface area contributed by atoms with E-state index in [1.165, 1.54) is 15.3 Å². The second kappa shape index (κ2) is 6.34. The van der Waals surface area contributed by atoms with Crippen LogP contribution in [0.25, 0.3) is 0 Å². The van der Waals surface area contributed by atoms with Crippen LogP contribution >= 0.6 is 11.3 Å². The third-order valence-electron chi connectivity index (χ3n) is 2.36. The molecule has 0 fully saturated rings. The molecule has 0 spiro atoms. The summed E-state index contributed by atoms with van der Waals surface area (Å²) in [6, 6.07) is 2.24. The molecule has 0 saturated heterocycles. The predicted molar refractivity (Wildman–Crippen MR) is 75.5 cm³/mol. The highest BCUT2D eigenvalue weighted by Gasteiger charge is 2.11. The topological polar surface area (TPSA) is 21.3 Å². The maximum absolute atomic E-state index is 5.48. The summed E-state index contributed by atoms with van der Waals surface area (Å²) in [6.45, 7) is 14.6. The first-order valence-electron chi connectivity index (χ1n) is 5.94. The molecule has 0 aliphatic carbocycles. The zero-order chi connectivity index (χ0) is 12.9. The highest BCUT2D eigenvalue weighted by atomic mass is 32.1. The van der Waals surface area contributed by atoms with Gasteiger partial charge in [-0.1, -0.05) is 6.08 Å². The molecule has 0 aliphatic heterocycles. The molecule has 0 aromatic carbocycles. The van der Waals surface area contributed by atoms with E-state index in [1.54, 1.807) is 6.08 Å². The van der Waals surface area contributed by atoms with Gasteiger partial charge in [0.2, 0.25) is 0 Å². The van der Waals surface area contributed by atoms with Crippen molar-refractivity contribution in [3.63, 3.8) is 0 Å². The van der Waals surface area contributed by atoms with Crippen LogP contribution in [0.3, 0.4) is 0 Å². The molecule has 0 bridgehead atoms. The molecule has 0 radical (unpaired) electrons. The van der Waals surface area contributed by atoms with Crippen LogP contribution < -0.4 is 5.32 Å². The molecule has 17 heavy (non-hydrogen) atoms. The second-order valence-electron chi connectivity index (χ2n) is 5.20. The SMILES string of the molecule is C=CCOCc1cc(CNC(C)(C)C)sc1C. The first kappa shape index (κ1) is 14.4. The molecule has 3 heteroatoms. The maximum atomic E-state index is 5.48. The van der Waals surface area contributed by atoms with Crippen molar-refractivity contribution in [3.8, 4) is 0 Å². The Labute approximate surface area is 109 Å². The first-order valence-corrected chi connectivity index (χ1v) is 6.76. The van der Waals surface area contributed by atoms with Crippen molar-refractivity contribution < 1.29 is 4.74 Å². The Morgan fingerprint density at radius 3 is 2.76 bits per heavy atom. The van der Waals surface area contributed by atoms with E-state index in [2.05, 4.69) is 45.7 Å². The number of hydrogen-bond donors (Lipinski definition) is 1. The zero-order valence-electron chi connectivity index (χ0n) is 11.3. The van der Waals surface area contributed by atoms with Gasteiger partial charge in [0.15, 0.2) is 0 Å². The van der Waals surface area contributed by atoms with Crippen LogP contribution in [0.5, 0.6) is 0 Å². The molecule has 1 aromatic rings. The Morgan fingerprint density at radius 1 is 1.47 bits per heavy atom. The Kier molecular flexibility index (Phi) is 5.37. The lowest BCUT2D eigenvalue weighted by atomic mass is 10.1. The van der Waals surface area contributed by atoms with Gasteiger partial charge in [0.1, 0.15) is 0 Å². The van der Waals surface area contributed by atoms with Crippen molar-refractivity contribution in [3.05, 3.63) is 34.0 Å². The molecule has 1 heterocycles. The molecule has 96 valence electrons. The number of nitrogens with one attached hydrogen (secondary N) is 1. The Balaban J connectivity index is 2.52. The Hall–Kier alpha value is -0.640. The molecule has 0 aliphatic rings. The van der Waals surface area contributed by atoms with Gasteiger partial charge in [0, 0.05) is 21.8 Å². The molecule has 0 saturated carbocycles. The van der Waals surface area contributed by atoms with E-state index in [0.717, 1.165) is 6.54 Å². The van der Waals surface area contributed by atoms with E-state index in [9.17, 15) is 0 Å². The van der Waals surface area contributed by atoms with Crippen LogP contribution in [0.4, 0.5) is 0 Å². The van der Waals surface area contributed by atoms with Crippen LogP contribution in [-0.2, 0) is 17.9 Å². The maximum Gasteiger partial charge on any atom is 0.0731 e. The summed E-state index contributed by atoms with van der Waals surface area (Å²) >= 11 is 1.84. The summed E-state index contributed by atoms with van der Waals surface area (Å²) in [4.78, 5) is 2.72. The van der Waals surface area contributed by atoms with Crippen LogP contribution in [-0.4, -0.2) is 12.1 Å². The predicted octanol–water partition coefficient (Wildman–Crippen LogP) is 3.65. The fourth-order valence-electron chi connectivity index (χ4n) is 1.42. The molecule has 1 aromatic heterocycles. The molecule has 2 nitrogen and oxygen atoms in total. The van der Waals surface area contributed by atoms with Crippen LogP contribution in [0.15, 0.2) is 18.7 Å². The highest BCUT2D eigenvalue weighted by Crippen LogP contribution is 2.22. The monoisotopic (exact) mass is 253 g/mol. The average Bonchev–Trinajstić information content (AvgIpc) is 2.56.